The van der Waals surface area contributed by atoms with Gasteiger partial charge in [0.05, 0.1) is 5.92 Å². The van der Waals surface area contributed by atoms with Gasteiger partial charge in [0.25, 0.3) is 0 Å². The van der Waals surface area contributed by atoms with Crippen LogP contribution in [0.4, 0.5) is 0 Å². The number of hydrogen-bond donors (Lipinski definition) is 0. The molecule has 1 aromatic heterocycles. The Balaban J connectivity index is 2.39. The highest BCUT2D eigenvalue weighted by Gasteiger charge is 2.20. The summed E-state index contributed by atoms with van der Waals surface area (Å²) in [6.07, 6.45) is 3.31. The first-order valence-corrected chi connectivity index (χ1v) is 6.82. The molecule has 0 saturated heterocycles. The van der Waals surface area contributed by atoms with Crippen molar-refractivity contribution in [3.05, 3.63) is 65.5 Å². The third kappa shape index (κ3) is 3.13. The lowest BCUT2D eigenvalue weighted by atomic mass is 9.83. The third-order valence-electron chi connectivity index (χ3n) is 3.47. The maximum absolute atomic E-state index is 12.0. The van der Waals surface area contributed by atoms with Gasteiger partial charge in [-0.2, -0.15) is 0 Å². The Morgan fingerprint density at radius 2 is 1.80 bits per heavy atom. The number of nitrogens with zero attached hydrogens (tertiary/aromatic N) is 1. The van der Waals surface area contributed by atoms with Gasteiger partial charge in [-0.1, -0.05) is 45.0 Å². The molecule has 2 nitrogen and oxygen atoms in total. The van der Waals surface area contributed by atoms with Crippen molar-refractivity contribution in [2.75, 3.05) is 0 Å². The number of pyridine rings is 1. The number of benzene rings is 1. The minimum atomic E-state index is -0.257. The van der Waals surface area contributed by atoms with Crippen LogP contribution in [0.3, 0.4) is 0 Å². The van der Waals surface area contributed by atoms with Crippen molar-refractivity contribution in [2.45, 2.75) is 39.0 Å². The van der Waals surface area contributed by atoms with Crippen molar-refractivity contribution >= 4 is 5.78 Å². The predicted octanol–water partition coefficient (Wildman–Crippen LogP) is 3.90. The standard InChI is InChI=1S/C18H20NO/c1-13(20)17(15-9-11-19-12-10-15)14-5-7-16(8-6-14)18(2,3)4/h5-9,11-12,17H,1-4H3. The van der Waals surface area contributed by atoms with Gasteiger partial charge in [0.15, 0.2) is 0 Å². The zero-order chi connectivity index (χ0) is 14.8. The molecule has 1 atom stereocenters. The van der Waals surface area contributed by atoms with E-state index < -0.39 is 0 Å². The van der Waals surface area contributed by atoms with E-state index >= 15 is 0 Å². The second-order valence-corrected chi connectivity index (χ2v) is 6.11. The summed E-state index contributed by atoms with van der Waals surface area (Å²) < 4.78 is 0. The van der Waals surface area contributed by atoms with E-state index in [2.05, 4.69) is 44.0 Å². The monoisotopic (exact) mass is 266 g/mol. The second kappa shape index (κ2) is 5.58. The fraction of sp³-hybridized carbons (Fsp3) is 0.333. The molecule has 0 amide bonds. The topological polar surface area (TPSA) is 30.0 Å². The molecule has 0 saturated carbocycles. The van der Waals surface area contributed by atoms with Crippen LogP contribution in [0.1, 0.15) is 50.3 Å². The predicted molar refractivity (Wildman–Crippen MR) is 80.7 cm³/mol. The maximum Gasteiger partial charge on any atom is 0.141 e. The summed E-state index contributed by atoms with van der Waals surface area (Å²) in [5.74, 6) is -0.136. The van der Waals surface area contributed by atoms with Gasteiger partial charge in [0, 0.05) is 18.5 Å². The van der Waals surface area contributed by atoms with E-state index in [9.17, 15) is 4.79 Å². The van der Waals surface area contributed by atoms with Gasteiger partial charge in [0.1, 0.15) is 5.78 Å². The molecule has 20 heavy (non-hydrogen) atoms. The number of ketones is 1. The fourth-order valence-corrected chi connectivity index (χ4v) is 2.31. The number of carbonyl (C=O) groups excluding carboxylic acids is 1. The van der Waals surface area contributed by atoms with Crippen LogP contribution in [0, 0.1) is 6.07 Å². The first-order valence-electron chi connectivity index (χ1n) is 6.82. The van der Waals surface area contributed by atoms with E-state index in [-0.39, 0.29) is 17.1 Å². The molecule has 0 aliphatic heterocycles. The highest BCUT2D eigenvalue weighted by molar-refractivity contribution is 5.86. The molecule has 0 bridgehead atoms. The summed E-state index contributed by atoms with van der Waals surface area (Å²) >= 11 is 0. The van der Waals surface area contributed by atoms with Crippen LogP contribution in [0.2, 0.25) is 0 Å². The SMILES string of the molecule is CC(=O)C(c1[c]cncc1)c1ccc(C(C)(C)C)cc1. The van der Waals surface area contributed by atoms with Crippen LogP contribution in [0.15, 0.2) is 42.7 Å². The van der Waals surface area contributed by atoms with Crippen molar-refractivity contribution in [2.24, 2.45) is 0 Å². The normalized spacial score (nSPS) is 13.0. The van der Waals surface area contributed by atoms with Crippen molar-refractivity contribution in [1.29, 1.82) is 0 Å². The molecule has 0 spiro atoms. The van der Waals surface area contributed by atoms with Crippen LogP contribution in [-0.2, 0) is 10.2 Å². The van der Waals surface area contributed by atoms with E-state index in [4.69, 9.17) is 0 Å². The highest BCUT2D eigenvalue weighted by atomic mass is 16.1. The van der Waals surface area contributed by atoms with Gasteiger partial charge in [-0.25, -0.2) is 0 Å². The molecule has 0 aliphatic carbocycles. The van der Waals surface area contributed by atoms with Gasteiger partial charge in [-0.3, -0.25) is 9.78 Å². The van der Waals surface area contributed by atoms with Crippen molar-refractivity contribution in [1.82, 2.24) is 4.98 Å². The molecule has 0 aliphatic rings. The Hall–Kier alpha value is -1.96. The summed E-state index contributed by atoms with van der Waals surface area (Å²) in [4.78, 5) is 15.9. The Labute approximate surface area is 120 Å². The molecule has 2 aromatic rings. The molecule has 0 N–H and O–H groups in total. The molecule has 1 aromatic carbocycles. The first-order chi connectivity index (χ1) is 9.39. The van der Waals surface area contributed by atoms with E-state index in [1.807, 2.05) is 18.2 Å². The van der Waals surface area contributed by atoms with Crippen molar-refractivity contribution in [3.8, 4) is 0 Å². The molecule has 0 fully saturated rings. The van der Waals surface area contributed by atoms with E-state index in [1.54, 1.807) is 19.3 Å². The van der Waals surface area contributed by atoms with Crippen LogP contribution in [-0.4, -0.2) is 10.8 Å². The molecule has 2 rings (SSSR count). The fourth-order valence-electron chi connectivity index (χ4n) is 2.31. The number of aromatic nitrogens is 1. The van der Waals surface area contributed by atoms with Crippen molar-refractivity contribution in [3.63, 3.8) is 0 Å². The van der Waals surface area contributed by atoms with E-state index in [0.29, 0.717) is 0 Å². The average Bonchev–Trinajstić information content (AvgIpc) is 2.39. The molecule has 1 unspecified atom stereocenters. The number of rotatable bonds is 3. The smallest absolute Gasteiger partial charge is 0.141 e. The number of hydrogen-bond acceptors (Lipinski definition) is 2. The molecule has 1 heterocycles. The molecule has 103 valence electrons. The lowest BCUT2D eigenvalue weighted by molar-refractivity contribution is -0.117. The Morgan fingerprint density at radius 3 is 2.25 bits per heavy atom. The lowest BCUT2D eigenvalue weighted by Gasteiger charge is -2.21. The molecular formula is C18H20NO. The summed E-state index contributed by atoms with van der Waals surface area (Å²) in [6.45, 7) is 8.17. The highest BCUT2D eigenvalue weighted by Crippen LogP contribution is 2.28. The van der Waals surface area contributed by atoms with Gasteiger partial charge < -0.3 is 0 Å². The Bertz CT molecular complexity index is 579. The van der Waals surface area contributed by atoms with Crippen molar-refractivity contribution < 1.29 is 4.79 Å². The van der Waals surface area contributed by atoms with E-state index in [0.717, 1.165) is 11.1 Å². The lowest BCUT2D eigenvalue weighted by Crippen LogP contribution is -2.13. The maximum atomic E-state index is 12.0. The number of Topliss-reactive ketones (excluding diaryl/α,β-unsaturated/α-hetero) is 1. The number of carbonyl (C=O) groups is 1. The van der Waals surface area contributed by atoms with Crippen LogP contribution in [0.5, 0.6) is 0 Å². The van der Waals surface area contributed by atoms with Gasteiger partial charge in [-0.05, 0) is 35.1 Å². The Morgan fingerprint density at radius 1 is 1.15 bits per heavy atom. The summed E-state index contributed by atoms with van der Waals surface area (Å²) in [5.41, 5.74) is 3.26. The van der Waals surface area contributed by atoms with Crippen LogP contribution in [0.25, 0.3) is 0 Å². The Kier molecular flexibility index (Phi) is 4.03. The summed E-state index contributed by atoms with van der Waals surface area (Å²) in [7, 11) is 0. The van der Waals surface area contributed by atoms with Crippen LogP contribution < -0.4 is 0 Å². The average molecular weight is 266 g/mol. The first kappa shape index (κ1) is 14.4. The molecule has 2 heteroatoms. The van der Waals surface area contributed by atoms with Gasteiger partial charge in [0.2, 0.25) is 0 Å². The largest absolute Gasteiger partial charge is 0.299 e. The zero-order valence-corrected chi connectivity index (χ0v) is 12.5. The zero-order valence-electron chi connectivity index (χ0n) is 12.5. The third-order valence-corrected chi connectivity index (χ3v) is 3.47. The summed E-state index contributed by atoms with van der Waals surface area (Å²) in [6, 6.07) is 13.2. The quantitative estimate of drug-likeness (QED) is 0.843. The molecule has 1 radical (unpaired) electrons. The minimum absolute atomic E-state index is 0.118. The van der Waals surface area contributed by atoms with Gasteiger partial charge in [-0.15, -0.1) is 0 Å². The summed E-state index contributed by atoms with van der Waals surface area (Å²) in [5, 5.41) is 0. The minimum Gasteiger partial charge on any atom is -0.299 e. The van der Waals surface area contributed by atoms with E-state index in [1.165, 1.54) is 5.56 Å². The molecular weight excluding hydrogens is 246 g/mol. The van der Waals surface area contributed by atoms with Crippen LogP contribution >= 0.6 is 0 Å². The second-order valence-electron chi connectivity index (χ2n) is 6.11. The van der Waals surface area contributed by atoms with Gasteiger partial charge >= 0.3 is 0 Å².